The second-order valence-corrected chi connectivity index (χ2v) is 5.81. The van der Waals surface area contributed by atoms with Gasteiger partial charge in [-0.1, -0.05) is 0 Å². The van der Waals surface area contributed by atoms with Crippen LogP contribution in [0.3, 0.4) is 0 Å². The Morgan fingerprint density at radius 2 is 2.00 bits per heavy atom. The van der Waals surface area contributed by atoms with Gasteiger partial charge in [0.15, 0.2) is 5.82 Å². The number of aromatic nitrogens is 2. The molecule has 92 valence electrons. The van der Waals surface area contributed by atoms with Crippen LogP contribution in [0.2, 0.25) is 0 Å². The van der Waals surface area contributed by atoms with Crippen molar-refractivity contribution in [1.82, 2.24) is 15.1 Å². The Bertz CT molecular complexity index is 394. The van der Waals surface area contributed by atoms with E-state index in [-0.39, 0.29) is 0 Å². The van der Waals surface area contributed by atoms with Crippen molar-refractivity contribution in [2.24, 2.45) is 0 Å². The number of nitrogens with zero attached hydrogens (tertiary/aromatic N) is 4. The molecule has 0 aliphatic carbocycles. The third-order valence-electron chi connectivity index (χ3n) is 4.09. The van der Waals surface area contributed by atoms with Crippen LogP contribution < -0.4 is 4.90 Å². The molecular weight excluding hydrogens is 280 g/mol. The Morgan fingerprint density at radius 3 is 2.76 bits per heavy atom. The second kappa shape index (κ2) is 4.53. The molecule has 1 aromatic heterocycles. The molecule has 5 heteroatoms. The number of hydrogen-bond donors (Lipinski definition) is 0. The highest BCUT2D eigenvalue weighted by Gasteiger charge is 2.34. The summed E-state index contributed by atoms with van der Waals surface area (Å²) in [6.45, 7) is 2.19. The Hall–Kier alpha value is -0.680. The maximum Gasteiger partial charge on any atom is 0.151 e. The minimum Gasteiger partial charge on any atom is -0.354 e. The lowest BCUT2D eigenvalue weighted by molar-refractivity contribution is 0.254. The number of rotatable bonds is 1. The molecule has 2 bridgehead atoms. The standard InChI is InChI=1S/C12H17BrN4/c1-16-9-2-3-10(16)8-17(7-6-9)12-5-4-11(13)14-15-12/h4-5,9-10H,2-3,6-8H2,1H3. The van der Waals surface area contributed by atoms with Crippen molar-refractivity contribution in [2.45, 2.75) is 31.3 Å². The van der Waals surface area contributed by atoms with Crippen molar-refractivity contribution in [3.63, 3.8) is 0 Å². The molecule has 2 unspecified atom stereocenters. The summed E-state index contributed by atoms with van der Waals surface area (Å²) < 4.78 is 0.801. The van der Waals surface area contributed by atoms with E-state index in [1.807, 2.05) is 6.07 Å². The number of likely N-dealkylation sites (N-methyl/N-ethyl adjacent to an activating group) is 1. The quantitative estimate of drug-likeness (QED) is 0.792. The van der Waals surface area contributed by atoms with Crippen molar-refractivity contribution in [3.05, 3.63) is 16.7 Å². The average molecular weight is 297 g/mol. The molecule has 3 heterocycles. The van der Waals surface area contributed by atoms with Gasteiger partial charge >= 0.3 is 0 Å². The van der Waals surface area contributed by atoms with E-state index in [2.05, 4.69) is 49.0 Å². The summed E-state index contributed by atoms with van der Waals surface area (Å²) in [4.78, 5) is 4.92. The molecule has 0 saturated carbocycles. The SMILES string of the molecule is CN1C2CCC1CN(c1ccc(Br)nn1)CC2. The van der Waals surface area contributed by atoms with Gasteiger partial charge in [0.1, 0.15) is 4.60 Å². The minimum absolute atomic E-state index is 0.688. The lowest BCUT2D eigenvalue weighted by Gasteiger charge is -2.26. The molecule has 3 rings (SSSR count). The molecule has 4 nitrogen and oxygen atoms in total. The number of halogens is 1. The highest BCUT2D eigenvalue weighted by molar-refractivity contribution is 9.10. The smallest absolute Gasteiger partial charge is 0.151 e. The summed E-state index contributed by atoms with van der Waals surface area (Å²) >= 11 is 3.33. The molecular formula is C12H17BrN4. The van der Waals surface area contributed by atoms with E-state index in [9.17, 15) is 0 Å². The first-order chi connectivity index (χ1) is 8.24. The zero-order valence-corrected chi connectivity index (χ0v) is 11.6. The Kier molecular flexibility index (Phi) is 3.04. The van der Waals surface area contributed by atoms with E-state index in [1.165, 1.54) is 19.3 Å². The fraction of sp³-hybridized carbons (Fsp3) is 0.667. The predicted molar refractivity (Wildman–Crippen MR) is 71.1 cm³/mol. The summed E-state index contributed by atoms with van der Waals surface area (Å²) in [6.07, 6.45) is 3.92. The van der Waals surface area contributed by atoms with Crippen molar-refractivity contribution in [3.8, 4) is 0 Å². The Labute approximate surface area is 110 Å². The highest BCUT2D eigenvalue weighted by atomic mass is 79.9. The van der Waals surface area contributed by atoms with Crippen LogP contribution in [0.4, 0.5) is 5.82 Å². The lowest BCUT2D eigenvalue weighted by atomic mass is 10.1. The minimum atomic E-state index is 0.688. The molecule has 2 fully saturated rings. The van der Waals surface area contributed by atoms with Gasteiger partial charge in [-0.25, -0.2) is 0 Å². The largest absolute Gasteiger partial charge is 0.354 e. The van der Waals surface area contributed by atoms with Gasteiger partial charge < -0.3 is 4.90 Å². The van der Waals surface area contributed by atoms with Gasteiger partial charge in [0, 0.05) is 25.2 Å². The lowest BCUT2D eigenvalue weighted by Crippen LogP contribution is -2.37. The summed E-state index contributed by atoms with van der Waals surface area (Å²) in [5.74, 6) is 1.01. The van der Waals surface area contributed by atoms with Crippen LogP contribution >= 0.6 is 15.9 Å². The van der Waals surface area contributed by atoms with E-state index in [0.29, 0.717) is 6.04 Å². The average Bonchev–Trinajstić information content (AvgIpc) is 2.55. The Morgan fingerprint density at radius 1 is 1.18 bits per heavy atom. The summed E-state index contributed by atoms with van der Waals surface area (Å²) in [5, 5.41) is 8.34. The van der Waals surface area contributed by atoms with Crippen LogP contribution in [0.1, 0.15) is 19.3 Å². The normalized spacial score (nSPS) is 29.4. The van der Waals surface area contributed by atoms with Crippen LogP contribution in [-0.4, -0.2) is 47.3 Å². The maximum absolute atomic E-state index is 4.26. The summed E-state index contributed by atoms with van der Waals surface area (Å²) in [6, 6.07) is 5.48. The topological polar surface area (TPSA) is 32.3 Å². The third kappa shape index (κ3) is 2.18. The van der Waals surface area contributed by atoms with Gasteiger partial charge in [-0.3, -0.25) is 4.90 Å². The van der Waals surface area contributed by atoms with E-state index >= 15 is 0 Å². The van der Waals surface area contributed by atoms with Gasteiger partial charge in [-0.15, -0.1) is 10.2 Å². The molecule has 2 aliphatic rings. The first-order valence-corrected chi connectivity index (χ1v) is 6.99. The monoisotopic (exact) mass is 296 g/mol. The van der Waals surface area contributed by atoms with Crippen LogP contribution in [-0.2, 0) is 0 Å². The molecule has 2 saturated heterocycles. The summed E-state index contributed by atoms with van der Waals surface area (Å²) in [7, 11) is 2.26. The van der Waals surface area contributed by atoms with Crippen molar-refractivity contribution >= 4 is 21.7 Å². The second-order valence-electron chi connectivity index (χ2n) is 5.00. The fourth-order valence-electron chi connectivity index (χ4n) is 2.99. The van der Waals surface area contributed by atoms with Gasteiger partial charge in [0.25, 0.3) is 0 Å². The van der Waals surface area contributed by atoms with Gasteiger partial charge in [-0.2, -0.15) is 0 Å². The molecule has 2 aliphatic heterocycles. The highest BCUT2D eigenvalue weighted by Crippen LogP contribution is 2.29. The fourth-order valence-corrected chi connectivity index (χ4v) is 3.21. The van der Waals surface area contributed by atoms with Crippen molar-refractivity contribution in [2.75, 3.05) is 25.0 Å². The number of fused-ring (bicyclic) bond motifs is 2. The van der Waals surface area contributed by atoms with Crippen LogP contribution in [0.25, 0.3) is 0 Å². The Balaban J connectivity index is 1.79. The summed E-state index contributed by atoms with van der Waals surface area (Å²) in [5.41, 5.74) is 0. The number of anilines is 1. The van der Waals surface area contributed by atoms with Crippen molar-refractivity contribution < 1.29 is 0 Å². The van der Waals surface area contributed by atoms with E-state index in [0.717, 1.165) is 29.6 Å². The van der Waals surface area contributed by atoms with Crippen LogP contribution in [0, 0.1) is 0 Å². The van der Waals surface area contributed by atoms with E-state index in [1.54, 1.807) is 0 Å². The number of hydrogen-bond acceptors (Lipinski definition) is 4. The molecule has 0 radical (unpaired) electrons. The zero-order valence-electron chi connectivity index (χ0n) is 10.0. The maximum atomic E-state index is 4.26. The first kappa shape index (κ1) is 11.4. The van der Waals surface area contributed by atoms with Crippen LogP contribution in [0.5, 0.6) is 0 Å². The molecule has 17 heavy (non-hydrogen) atoms. The predicted octanol–water partition coefficient (Wildman–Crippen LogP) is 1.91. The van der Waals surface area contributed by atoms with Crippen LogP contribution in [0.15, 0.2) is 16.7 Å². The molecule has 1 aromatic rings. The van der Waals surface area contributed by atoms with Gasteiger partial charge in [0.05, 0.1) is 0 Å². The van der Waals surface area contributed by atoms with Crippen molar-refractivity contribution in [1.29, 1.82) is 0 Å². The molecule has 2 atom stereocenters. The molecule has 0 amide bonds. The molecule has 0 N–H and O–H groups in total. The first-order valence-electron chi connectivity index (χ1n) is 6.20. The van der Waals surface area contributed by atoms with Gasteiger partial charge in [0.2, 0.25) is 0 Å². The third-order valence-corrected chi connectivity index (χ3v) is 4.51. The molecule has 0 spiro atoms. The van der Waals surface area contributed by atoms with E-state index in [4.69, 9.17) is 0 Å². The zero-order chi connectivity index (χ0) is 11.8. The van der Waals surface area contributed by atoms with E-state index < -0.39 is 0 Å². The van der Waals surface area contributed by atoms with Gasteiger partial charge in [-0.05, 0) is 54.4 Å². The molecule has 0 aromatic carbocycles.